The summed E-state index contributed by atoms with van der Waals surface area (Å²) in [5.74, 6) is 1.90. The van der Waals surface area contributed by atoms with Crippen LogP contribution in [0, 0.1) is 12.8 Å². The Morgan fingerprint density at radius 1 is 1.06 bits per heavy atom. The van der Waals surface area contributed by atoms with Crippen molar-refractivity contribution in [2.75, 3.05) is 20.3 Å². The van der Waals surface area contributed by atoms with Gasteiger partial charge in [0.05, 0.1) is 37.4 Å². The highest BCUT2D eigenvalue weighted by Crippen LogP contribution is 2.27. The largest absolute Gasteiger partial charge is 0.497 e. The van der Waals surface area contributed by atoms with E-state index in [0.717, 1.165) is 29.9 Å². The Morgan fingerprint density at radius 2 is 1.77 bits per heavy atom. The average Bonchev–Trinajstić information content (AvgIpc) is 3.33. The summed E-state index contributed by atoms with van der Waals surface area (Å²) in [7, 11) is 1.65. The zero-order valence-corrected chi connectivity index (χ0v) is 18.2. The number of carbonyl (C=O) groups is 1. The van der Waals surface area contributed by atoms with E-state index in [-0.39, 0.29) is 17.9 Å². The van der Waals surface area contributed by atoms with Gasteiger partial charge >= 0.3 is 0 Å². The van der Waals surface area contributed by atoms with Crippen molar-refractivity contribution >= 4 is 5.91 Å². The molecule has 1 aromatic heterocycles. The summed E-state index contributed by atoms with van der Waals surface area (Å²) >= 11 is 0. The van der Waals surface area contributed by atoms with Crippen LogP contribution in [0.4, 0.5) is 0 Å². The number of aromatic nitrogens is 3. The van der Waals surface area contributed by atoms with E-state index >= 15 is 0 Å². The number of hydrogen-bond acceptors (Lipinski definition) is 5. The number of likely N-dealkylation sites (tertiary alicyclic amines) is 1. The van der Waals surface area contributed by atoms with Crippen LogP contribution in [0.5, 0.6) is 11.5 Å². The third kappa shape index (κ3) is 4.71. The molecule has 1 amide bonds. The van der Waals surface area contributed by atoms with E-state index < -0.39 is 0 Å². The maximum atomic E-state index is 13.6. The number of hydrogen-bond donors (Lipinski definition) is 0. The fourth-order valence-corrected chi connectivity index (χ4v) is 3.98. The number of nitrogens with zero attached hydrogens (tertiary/aromatic N) is 4. The highest BCUT2D eigenvalue weighted by molar-refractivity contribution is 5.98. The van der Waals surface area contributed by atoms with Crippen molar-refractivity contribution in [3.63, 3.8) is 0 Å². The second kappa shape index (κ2) is 9.20. The minimum atomic E-state index is 0.0117. The lowest BCUT2D eigenvalue weighted by molar-refractivity contribution is 0.0505. The van der Waals surface area contributed by atoms with Gasteiger partial charge in [-0.05, 0) is 63.1 Å². The predicted molar refractivity (Wildman–Crippen MR) is 118 cm³/mol. The van der Waals surface area contributed by atoms with Crippen molar-refractivity contribution in [1.29, 1.82) is 0 Å². The van der Waals surface area contributed by atoms with E-state index in [1.807, 2.05) is 54.3 Å². The lowest BCUT2D eigenvalue weighted by Crippen LogP contribution is -2.47. The topological polar surface area (TPSA) is 69.5 Å². The van der Waals surface area contributed by atoms with E-state index in [2.05, 4.69) is 17.1 Å². The van der Waals surface area contributed by atoms with E-state index in [1.165, 1.54) is 4.80 Å². The summed E-state index contributed by atoms with van der Waals surface area (Å²) in [6.07, 6.45) is 5.21. The van der Waals surface area contributed by atoms with Gasteiger partial charge < -0.3 is 14.4 Å². The number of piperidine rings is 1. The van der Waals surface area contributed by atoms with Gasteiger partial charge in [0.15, 0.2) is 0 Å². The molecule has 0 bridgehead atoms. The molecule has 2 atom stereocenters. The van der Waals surface area contributed by atoms with Crippen LogP contribution in [0.25, 0.3) is 5.69 Å². The first-order valence-corrected chi connectivity index (χ1v) is 10.6. The molecule has 0 aliphatic carbocycles. The van der Waals surface area contributed by atoms with Crippen LogP contribution < -0.4 is 9.47 Å². The van der Waals surface area contributed by atoms with Crippen molar-refractivity contribution < 1.29 is 14.3 Å². The normalized spacial score (nSPS) is 18.6. The van der Waals surface area contributed by atoms with Crippen LogP contribution >= 0.6 is 0 Å². The van der Waals surface area contributed by atoms with Gasteiger partial charge in [0.1, 0.15) is 11.5 Å². The van der Waals surface area contributed by atoms with Crippen molar-refractivity contribution in [2.45, 2.75) is 32.7 Å². The quantitative estimate of drug-likeness (QED) is 0.605. The van der Waals surface area contributed by atoms with Gasteiger partial charge in [0.25, 0.3) is 5.91 Å². The average molecular weight is 421 g/mol. The SMILES string of the molecule is COc1ccc(OC[C@H]2CC[C@@H](C)N(C(=O)c3cc(C)ccc3-n3nccn3)C2)cc1. The third-order valence-corrected chi connectivity index (χ3v) is 5.80. The maximum absolute atomic E-state index is 13.6. The van der Waals surface area contributed by atoms with Gasteiger partial charge in [-0.15, -0.1) is 0 Å². The molecule has 1 fully saturated rings. The first kappa shape index (κ1) is 20.9. The minimum absolute atomic E-state index is 0.0117. The molecule has 4 rings (SSSR count). The molecule has 31 heavy (non-hydrogen) atoms. The molecule has 1 aliphatic rings. The van der Waals surface area contributed by atoms with Crippen molar-refractivity contribution in [1.82, 2.24) is 19.9 Å². The predicted octanol–water partition coefficient (Wildman–Crippen LogP) is 3.90. The smallest absolute Gasteiger partial charge is 0.256 e. The number of rotatable bonds is 6. The summed E-state index contributed by atoms with van der Waals surface area (Å²) in [6.45, 7) is 5.34. The van der Waals surface area contributed by atoms with Crippen molar-refractivity contribution in [3.05, 3.63) is 66.0 Å². The molecule has 1 aliphatic heterocycles. The maximum Gasteiger partial charge on any atom is 0.256 e. The fourth-order valence-electron chi connectivity index (χ4n) is 3.98. The molecule has 3 aromatic rings. The molecular formula is C24H28N4O3. The molecule has 162 valence electrons. The van der Waals surface area contributed by atoms with Gasteiger partial charge in [-0.25, -0.2) is 0 Å². The molecule has 2 heterocycles. The number of ether oxygens (including phenoxy) is 2. The molecule has 0 radical (unpaired) electrons. The lowest BCUT2D eigenvalue weighted by Gasteiger charge is -2.38. The first-order valence-electron chi connectivity index (χ1n) is 10.6. The zero-order valence-electron chi connectivity index (χ0n) is 18.2. The Bertz CT molecular complexity index is 1020. The third-order valence-electron chi connectivity index (χ3n) is 5.80. The summed E-state index contributed by atoms with van der Waals surface area (Å²) in [4.78, 5) is 17.0. The molecule has 2 aromatic carbocycles. The number of aryl methyl sites for hydroxylation is 1. The molecule has 0 saturated carbocycles. The Balaban J connectivity index is 1.48. The van der Waals surface area contributed by atoms with E-state index in [0.29, 0.717) is 24.4 Å². The second-order valence-electron chi connectivity index (χ2n) is 8.08. The van der Waals surface area contributed by atoms with E-state index in [9.17, 15) is 4.79 Å². The molecule has 1 saturated heterocycles. The summed E-state index contributed by atoms with van der Waals surface area (Å²) in [5, 5.41) is 8.44. The summed E-state index contributed by atoms with van der Waals surface area (Å²) < 4.78 is 11.2. The molecule has 7 nitrogen and oxygen atoms in total. The standard InChI is InChI=1S/C24H28N4O3/c1-17-4-11-23(28-25-12-13-26-28)22(14-17)24(29)27-15-19(6-5-18(27)2)16-31-21-9-7-20(30-3)8-10-21/h4,7-14,18-19H,5-6,15-16H2,1-3H3/t18-,19+/m1/s1. The van der Waals surface area contributed by atoms with Gasteiger partial charge in [-0.3, -0.25) is 4.79 Å². The highest BCUT2D eigenvalue weighted by Gasteiger charge is 2.31. The van der Waals surface area contributed by atoms with Crippen molar-refractivity contribution in [3.8, 4) is 17.2 Å². The fraction of sp³-hybridized carbons (Fsp3) is 0.375. The summed E-state index contributed by atoms with van der Waals surface area (Å²) in [6, 6.07) is 13.6. The van der Waals surface area contributed by atoms with Gasteiger partial charge in [-0.1, -0.05) is 11.6 Å². The zero-order chi connectivity index (χ0) is 21.8. The van der Waals surface area contributed by atoms with Gasteiger partial charge in [0, 0.05) is 18.5 Å². The minimum Gasteiger partial charge on any atom is -0.497 e. The van der Waals surface area contributed by atoms with E-state index in [1.54, 1.807) is 19.5 Å². The van der Waals surface area contributed by atoms with E-state index in [4.69, 9.17) is 9.47 Å². The Labute approximate surface area is 182 Å². The van der Waals surface area contributed by atoms with Gasteiger partial charge in [-0.2, -0.15) is 15.0 Å². The van der Waals surface area contributed by atoms with Crippen LogP contribution in [0.15, 0.2) is 54.9 Å². The Morgan fingerprint density at radius 3 is 2.48 bits per heavy atom. The molecular weight excluding hydrogens is 392 g/mol. The number of methoxy groups -OCH3 is 1. The monoisotopic (exact) mass is 420 g/mol. The van der Waals surface area contributed by atoms with Crippen LogP contribution in [0.1, 0.15) is 35.7 Å². The Kier molecular flexibility index (Phi) is 6.21. The van der Waals surface area contributed by atoms with Crippen LogP contribution in [-0.4, -0.2) is 52.1 Å². The van der Waals surface area contributed by atoms with Crippen LogP contribution in [0.3, 0.4) is 0 Å². The molecule has 0 spiro atoms. The second-order valence-corrected chi connectivity index (χ2v) is 8.08. The molecule has 0 N–H and O–H groups in total. The number of amides is 1. The van der Waals surface area contributed by atoms with Gasteiger partial charge in [0.2, 0.25) is 0 Å². The first-order chi connectivity index (χ1) is 15.0. The summed E-state index contributed by atoms with van der Waals surface area (Å²) in [5.41, 5.74) is 2.35. The molecule has 0 unspecified atom stereocenters. The van der Waals surface area contributed by atoms with Crippen LogP contribution in [0.2, 0.25) is 0 Å². The van der Waals surface area contributed by atoms with Crippen molar-refractivity contribution in [2.24, 2.45) is 5.92 Å². The number of carbonyl (C=O) groups excluding carboxylic acids is 1. The Hall–Kier alpha value is -3.35. The number of benzene rings is 2. The lowest BCUT2D eigenvalue weighted by atomic mass is 9.93. The highest BCUT2D eigenvalue weighted by atomic mass is 16.5. The molecule has 7 heteroatoms. The van der Waals surface area contributed by atoms with Crippen LogP contribution in [-0.2, 0) is 0 Å².